The number of ether oxygens (including phenoxy) is 1. The van der Waals surface area contributed by atoms with E-state index >= 15 is 0 Å². The number of hydrogen-bond acceptors (Lipinski definition) is 3. The van der Waals surface area contributed by atoms with Gasteiger partial charge in [-0.25, -0.2) is 9.59 Å². The van der Waals surface area contributed by atoms with Crippen LogP contribution in [0.25, 0.3) is 0 Å². The molecule has 19 heavy (non-hydrogen) atoms. The fraction of sp³-hybridized carbons (Fsp3) is 0.692. The van der Waals surface area contributed by atoms with Crippen molar-refractivity contribution in [1.82, 2.24) is 4.90 Å². The first-order valence-electron chi connectivity index (χ1n) is 6.59. The lowest BCUT2D eigenvalue weighted by molar-refractivity contribution is -0.140. The van der Waals surface area contributed by atoms with Crippen molar-refractivity contribution in [2.75, 3.05) is 19.7 Å². The zero-order chi connectivity index (χ0) is 14.0. The van der Waals surface area contributed by atoms with Gasteiger partial charge in [0.25, 0.3) is 0 Å². The third kappa shape index (κ3) is 2.72. The molecule has 2 bridgehead atoms. The molecule has 0 spiro atoms. The van der Waals surface area contributed by atoms with Crippen molar-refractivity contribution in [2.45, 2.75) is 26.2 Å². The molecule has 2 atom stereocenters. The molecule has 5 nitrogen and oxygen atoms in total. The van der Waals surface area contributed by atoms with E-state index in [4.69, 9.17) is 9.84 Å². The van der Waals surface area contributed by atoms with E-state index in [1.54, 1.807) is 6.92 Å². The van der Waals surface area contributed by atoms with Gasteiger partial charge in [0, 0.05) is 24.9 Å². The number of likely N-dealkylation sites (tertiary alicyclic amines) is 1. The van der Waals surface area contributed by atoms with Crippen molar-refractivity contribution in [3.05, 3.63) is 11.4 Å². The summed E-state index contributed by atoms with van der Waals surface area (Å²) in [6.45, 7) is 2.31. The highest BCUT2D eigenvalue weighted by molar-refractivity contribution is 5.87. The number of rotatable bonds is 2. The summed E-state index contributed by atoms with van der Waals surface area (Å²) in [5.74, 6) is -2.10. The lowest BCUT2D eigenvalue weighted by Gasteiger charge is -2.42. The molecular formula is C13H18FNO4. The average molecular weight is 271 g/mol. The van der Waals surface area contributed by atoms with E-state index < -0.39 is 17.9 Å². The third-order valence-electron chi connectivity index (χ3n) is 3.84. The molecule has 1 N–H and O–H groups in total. The van der Waals surface area contributed by atoms with Crippen molar-refractivity contribution in [3.63, 3.8) is 0 Å². The Morgan fingerprint density at radius 2 is 1.95 bits per heavy atom. The Labute approximate surface area is 111 Å². The number of nitrogens with zero attached hydrogens (tertiary/aromatic N) is 1. The second kappa shape index (κ2) is 5.59. The van der Waals surface area contributed by atoms with Gasteiger partial charge in [0.1, 0.15) is 0 Å². The molecule has 106 valence electrons. The molecule has 1 saturated carbocycles. The smallest absolute Gasteiger partial charge is 0.407 e. The zero-order valence-corrected chi connectivity index (χ0v) is 10.9. The predicted octanol–water partition coefficient (Wildman–Crippen LogP) is 2.18. The molecule has 2 unspecified atom stereocenters. The van der Waals surface area contributed by atoms with Gasteiger partial charge >= 0.3 is 12.1 Å². The summed E-state index contributed by atoms with van der Waals surface area (Å²) in [7, 11) is 0. The van der Waals surface area contributed by atoms with Gasteiger partial charge in [-0.2, -0.15) is 4.39 Å². The normalized spacial score (nSPS) is 26.0. The molecule has 1 amide bonds. The van der Waals surface area contributed by atoms with Gasteiger partial charge in [0.15, 0.2) is 0 Å². The molecule has 6 heteroatoms. The summed E-state index contributed by atoms with van der Waals surface area (Å²) in [5, 5.41) is 9.04. The number of hydrogen-bond donors (Lipinski definition) is 1. The minimum absolute atomic E-state index is 0.135. The first kappa shape index (κ1) is 13.8. The van der Waals surface area contributed by atoms with Crippen LogP contribution in [0.5, 0.6) is 0 Å². The number of carboxylic acid groups (broad SMARTS) is 1. The molecule has 1 aliphatic carbocycles. The van der Waals surface area contributed by atoms with Crippen LogP contribution in [0, 0.1) is 11.8 Å². The maximum Gasteiger partial charge on any atom is 0.407 e. The topological polar surface area (TPSA) is 66.8 Å². The molecule has 0 aromatic carbocycles. The van der Waals surface area contributed by atoms with Crippen LogP contribution in [0.3, 0.4) is 0 Å². The van der Waals surface area contributed by atoms with Crippen molar-refractivity contribution < 1.29 is 23.8 Å². The molecule has 0 radical (unpaired) electrons. The monoisotopic (exact) mass is 271 g/mol. The first-order chi connectivity index (χ1) is 9.04. The Morgan fingerprint density at radius 3 is 2.42 bits per heavy atom. The number of piperidine rings is 1. The minimum atomic E-state index is -0.979. The predicted molar refractivity (Wildman–Crippen MR) is 65.2 cm³/mol. The highest BCUT2D eigenvalue weighted by Gasteiger charge is 2.40. The fourth-order valence-electron chi connectivity index (χ4n) is 3.07. The van der Waals surface area contributed by atoms with E-state index in [9.17, 15) is 14.0 Å². The van der Waals surface area contributed by atoms with E-state index in [1.807, 2.05) is 0 Å². The summed E-state index contributed by atoms with van der Waals surface area (Å²) in [4.78, 5) is 23.8. The highest BCUT2D eigenvalue weighted by atomic mass is 19.1. The Balaban J connectivity index is 2.24. The van der Waals surface area contributed by atoms with Crippen molar-refractivity contribution >= 4 is 12.1 Å². The first-order valence-corrected chi connectivity index (χ1v) is 6.59. The van der Waals surface area contributed by atoms with Crippen LogP contribution in [-0.4, -0.2) is 41.8 Å². The van der Waals surface area contributed by atoms with E-state index in [-0.39, 0.29) is 31.5 Å². The summed E-state index contributed by atoms with van der Waals surface area (Å²) in [5.41, 5.74) is 0.474. The van der Waals surface area contributed by atoms with Crippen LogP contribution in [0.1, 0.15) is 26.2 Å². The molecule has 2 aliphatic rings. The average Bonchev–Trinajstić information content (AvgIpc) is 2.36. The van der Waals surface area contributed by atoms with Crippen molar-refractivity contribution in [2.24, 2.45) is 11.8 Å². The van der Waals surface area contributed by atoms with Crippen LogP contribution >= 0.6 is 0 Å². The molecule has 0 aromatic rings. The largest absolute Gasteiger partial charge is 0.465 e. The van der Waals surface area contributed by atoms with Crippen LogP contribution in [0.2, 0.25) is 0 Å². The van der Waals surface area contributed by atoms with Crippen molar-refractivity contribution in [3.8, 4) is 0 Å². The maximum absolute atomic E-state index is 14.2. The number of carbonyl (C=O) groups is 2. The lowest BCUT2D eigenvalue weighted by atomic mass is 9.73. The molecule has 1 aliphatic heterocycles. The van der Waals surface area contributed by atoms with Crippen molar-refractivity contribution in [1.29, 1.82) is 0 Å². The number of halogens is 1. The molecule has 1 heterocycles. The van der Waals surface area contributed by atoms with E-state index in [2.05, 4.69) is 0 Å². The minimum Gasteiger partial charge on any atom is -0.465 e. The number of amides is 1. The molecule has 1 saturated heterocycles. The number of esters is 1. The van der Waals surface area contributed by atoms with Crippen LogP contribution in [0.15, 0.2) is 11.4 Å². The molecule has 0 aromatic heterocycles. The summed E-state index contributed by atoms with van der Waals surface area (Å²) < 4.78 is 18.9. The molecule has 2 rings (SSSR count). The highest BCUT2D eigenvalue weighted by Crippen LogP contribution is 2.41. The number of carbonyl (C=O) groups excluding carboxylic acids is 1. The summed E-state index contributed by atoms with van der Waals surface area (Å²) >= 11 is 0. The van der Waals surface area contributed by atoms with Crippen LogP contribution < -0.4 is 0 Å². The summed E-state index contributed by atoms with van der Waals surface area (Å²) in [6.07, 6.45) is 1.42. The van der Waals surface area contributed by atoms with E-state index in [1.165, 1.54) is 4.90 Å². The lowest BCUT2D eigenvalue weighted by Crippen LogP contribution is -2.47. The second-order valence-electron chi connectivity index (χ2n) is 5.00. The van der Waals surface area contributed by atoms with Crippen LogP contribution in [0.4, 0.5) is 9.18 Å². The van der Waals surface area contributed by atoms with Gasteiger partial charge in [-0.3, -0.25) is 0 Å². The third-order valence-corrected chi connectivity index (χ3v) is 3.84. The van der Waals surface area contributed by atoms with E-state index in [0.717, 1.165) is 19.3 Å². The zero-order valence-electron chi connectivity index (χ0n) is 10.9. The standard InChI is InChI=1S/C13H18FNO4/c1-2-19-12(16)11(14)10-8-4-3-5-9(10)7-15(6-8)13(17)18/h8-9H,2-7H2,1H3,(H,17,18). The molecule has 2 fully saturated rings. The Kier molecular flexibility index (Phi) is 4.07. The van der Waals surface area contributed by atoms with Crippen LogP contribution in [-0.2, 0) is 9.53 Å². The molecular weight excluding hydrogens is 253 g/mol. The summed E-state index contributed by atoms with van der Waals surface area (Å²) in [6, 6.07) is 0. The van der Waals surface area contributed by atoms with Gasteiger partial charge in [0.2, 0.25) is 5.83 Å². The SMILES string of the molecule is CCOC(=O)C(F)=C1C2CCCC1CN(C(=O)O)C2. The van der Waals surface area contributed by atoms with Gasteiger partial charge in [-0.15, -0.1) is 0 Å². The van der Waals surface area contributed by atoms with Gasteiger partial charge < -0.3 is 14.7 Å². The Morgan fingerprint density at radius 1 is 1.37 bits per heavy atom. The Hall–Kier alpha value is -1.59. The fourth-order valence-corrected chi connectivity index (χ4v) is 3.07. The Bertz CT molecular complexity index is 405. The maximum atomic E-state index is 14.2. The van der Waals surface area contributed by atoms with Gasteiger partial charge in [-0.1, -0.05) is 6.42 Å². The van der Waals surface area contributed by atoms with Gasteiger partial charge in [0.05, 0.1) is 6.61 Å². The second-order valence-corrected chi connectivity index (χ2v) is 5.00. The van der Waals surface area contributed by atoms with Gasteiger partial charge in [-0.05, 0) is 25.3 Å². The van der Waals surface area contributed by atoms with E-state index in [0.29, 0.717) is 5.57 Å². The quantitative estimate of drug-likeness (QED) is 0.617. The number of fused-ring (bicyclic) bond motifs is 2.